The minimum Gasteiger partial charge on any atom is -0.447 e. The van der Waals surface area contributed by atoms with E-state index in [4.69, 9.17) is 16.3 Å². The Morgan fingerprint density at radius 3 is 3.10 bits per heavy atom. The quantitative estimate of drug-likeness (QED) is 0.588. The smallest absolute Gasteiger partial charge is 0.409 e. The summed E-state index contributed by atoms with van der Waals surface area (Å²) >= 11 is 6.04. The van der Waals surface area contributed by atoms with Crippen molar-refractivity contribution in [3.8, 4) is 11.4 Å². The number of piperidine rings is 1. The summed E-state index contributed by atoms with van der Waals surface area (Å²) < 4.78 is 31.4. The molecular weight excluding hydrogens is 430 g/mol. The lowest BCUT2D eigenvalue weighted by Gasteiger charge is -2.32. The van der Waals surface area contributed by atoms with Gasteiger partial charge in [0.25, 0.3) is 0 Å². The van der Waals surface area contributed by atoms with E-state index < -0.39 is 18.6 Å². The molecule has 1 aliphatic heterocycles. The number of amides is 1. The number of halogens is 3. The van der Waals surface area contributed by atoms with E-state index in [0.29, 0.717) is 41.7 Å². The van der Waals surface area contributed by atoms with E-state index in [9.17, 15) is 13.6 Å². The zero-order valence-electron chi connectivity index (χ0n) is 16.6. The molecule has 4 heterocycles. The summed E-state index contributed by atoms with van der Waals surface area (Å²) in [5.41, 5.74) is 1.29. The summed E-state index contributed by atoms with van der Waals surface area (Å²) in [5.74, 6) is -0.0823. The zero-order valence-corrected chi connectivity index (χ0v) is 17.3. The number of ether oxygens (including phenoxy) is 1. The number of carbonyl (C=O) groups excluding carboxylic acids is 1. The van der Waals surface area contributed by atoms with Crippen LogP contribution in [-0.4, -0.2) is 63.8 Å². The molecule has 11 heteroatoms. The van der Waals surface area contributed by atoms with Gasteiger partial charge in [-0.15, -0.1) is 0 Å². The van der Waals surface area contributed by atoms with Crippen molar-refractivity contribution in [1.29, 1.82) is 0 Å². The van der Waals surface area contributed by atoms with Crippen molar-refractivity contribution in [2.24, 2.45) is 5.92 Å². The van der Waals surface area contributed by atoms with Crippen LogP contribution in [0.25, 0.3) is 22.4 Å². The van der Waals surface area contributed by atoms with E-state index in [1.54, 1.807) is 17.2 Å². The van der Waals surface area contributed by atoms with Gasteiger partial charge in [0.15, 0.2) is 17.5 Å². The normalized spacial score (nSPS) is 16.5. The molecule has 0 radical (unpaired) electrons. The Morgan fingerprint density at radius 2 is 2.26 bits per heavy atom. The van der Waals surface area contributed by atoms with Crippen molar-refractivity contribution in [3.05, 3.63) is 35.5 Å². The van der Waals surface area contributed by atoms with E-state index >= 15 is 0 Å². The third-order valence-corrected chi connectivity index (χ3v) is 5.33. The number of aromatic amines is 1. The number of alkyl halides is 1. The summed E-state index contributed by atoms with van der Waals surface area (Å²) in [6, 6.07) is 1.74. The first-order chi connectivity index (χ1) is 15.0. The van der Waals surface area contributed by atoms with Gasteiger partial charge in [0.1, 0.15) is 18.9 Å². The molecule has 1 fully saturated rings. The van der Waals surface area contributed by atoms with Crippen LogP contribution in [-0.2, 0) is 4.74 Å². The number of carbonyl (C=O) groups is 1. The Labute approximate surface area is 182 Å². The second kappa shape index (κ2) is 9.42. The van der Waals surface area contributed by atoms with Gasteiger partial charge < -0.3 is 19.9 Å². The Morgan fingerprint density at radius 1 is 1.39 bits per heavy atom. The molecule has 31 heavy (non-hydrogen) atoms. The predicted molar refractivity (Wildman–Crippen MR) is 112 cm³/mol. The van der Waals surface area contributed by atoms with Gasteiger partial charge >= 0.3 is 6.09 Å². The van der Waals surface area contributed by atoms with Crippen LogP contribution in [0, 0.1) is 11.7 Å². The minimum atomic E-state index is -0.710. The molecule has 3 aromatic rings. The van der Waals surface area contributed by atoms with Crippen LogP contribution in [0.3, 0.4) is 0 Å². The molecule has 3 aromatic heterocycles. The van der Waals surface area contributed by atoms with Crippen molar-refractivity contribution >= 4 is 34.5 Å². The second-order valence-electron chi connectivity index (χ2n) is 7.28. The molecule has 1 saturated heterocycles. The van der Waals surface area contributed by atoms with Crippen LogP contribution in [0.1, 0.15) is 12.8 Å². The maximum Gasteiger partial charge on any atom is 0.409 e. The molecule has 1 atom stereocenters. The van der Waals surface area contributed by atoms with Gasteiger partial charge in [0.05, 0.1) is 11.2 Å². The average molecular weight is 451 g/mol. The van der Waals surface area contributed by atoms with Gasteiger partial charge in [-0.3, -0.25) is 0 Å². The summed E-state index contributed by atoms with van der Waals surface area (Å²) in [4.78, 5) is 29.2. The molecule has 1 aliphatic rings. The first-order valence-corrected chi connectivity index (χ1v) is 10.3. The molecule has 0 saturated carbocycles. The van der Waals surface area contributed by atoms with Crippen LogP contribution in [0.2, 0.25) is 5.02 Å². The molecule has 0 spiro atoms. The van der Waals surface area contributed by atoms with E-state index in [-0.39, 0.29) is 18.3 Å². The van der Waals surface area contributed by atoms with Gasteiger partial charge in [-0.1, -0.05) is 11.6 Å². The van der Waals surface area contributed by atoms with E-state index in [2.05, 4.69) is 25.3 Å². The molecule has 164 valence electrons. The average Bonchev–Trinajstić information content (AvgIpc) is 3.20. The fraction of sp³-hybridized carbons (Fsp3) is 0.400. The van der Waals surface area contributed by atoms with Crippen molar-refractivity contribution in [1.82, 2.24) is 24.8 Å². The number of likely N-dealkylation sites (tertiary alicyclic amines) is 1. The molecule has 0 aromatic carbocycles. The summed E-state index contributed by atoms with van der Waals surface area (Å²) in [6.07, 6.45) is 5.48. The lowest BCUT2D eigenvalue weighted by atomic mass is 9.98. The van der Waals surface area contributed by atoms with Crippen LogP contribution in [0.4, 0.5) is 19.4 Å². The maximum absolute atomic E-state index is 14.3. The fourth-order valence-electron chi connectivity index (χ4n) is 3.64. The molecule has 0 aliphatic carbocycles. The van der Waals surface area contributed by atoms with Crippen LogP contribution in [0.5, 0.6) is 0 Å². The third kappa shape index (κ3) is 4.84. The lowest BCUT2D eigenvalue weighted by molar-refractivity contribution is 0.0810. The van der Waals surface area contributed by atoms with Crippen LogP contribution >= 0.6 is 11.6 Å². The number of nitrogens with one attached hydrogen (secondary N) is 2. The van der Waals surface area contributed by atoms with Gasteiger partial charge in [-0.05, 0) is 24.8 Å². The molecule has 4 rings (SSSR count). The first-order valence-electron chi connectivity index (χ1n) is 9.92. The Hall–Kier alpha value is -3.01. The number of nitrogens with zero attached hydrogens (tertiary/aromatic N) is 4. The number of H-pyrrole nitrogens is 1. The highest BCUT2D eigenvalue weighted by atomic mass is 35.5. The summed E-state index contributed by atoms with van der Waals surface area (Å²) in [5, 5.41) is 4.24. The molecule has 1 amide bonds. The zero-order chi connectivity index (χ0) is 21.8. The van der Waals surface area contributed by atoms with Gasteiger partial charge in [-0.25, -0.2) is 28.5 Å². The Kier molecular flexibility index (Phi) is 6.45. The SMILES string of the molecule is O=C(OCCF)N1CCCC(CNc2nc(-c3c[nH]c4ncc(Cl)cc34)ncc2F)C1. The van der Waals surface area contributed by atoms with E-state index in [1.165, 1.54) is 6.20 Å². The Bertz CT molecular complexity index is 1080. The molecule has 8 nitrogen and oxygen atoms in total. The molecule has 1 unspecified atom stereocenters. The predicted octanol–water partition coefficient (Wildman–Crippen LogP) is 4.04. The lowest BCUT2D eigenvalue weighted by Crippen LogP contribution is -2.42. The fourth-order valence-corrected chi connectivity index (χ4v) is 3.80. The van der Waals surface area contributed by atoms with Crippen molar-refractivity contribution in [2.75, 3.05) is 38.2 Å². The van der Waals surface area contributed by atoms with Crippen molar-refractivity contribution in [3.63, 3.8) is 0 Å². The molecular formula is C20H21ClF2N6O2. The van der Waals surface area contributed by atoms with Crippen molar-refractivity contribution < 1.29 is 18.3 Å². The number of rotatable bonds is 6. The molecule has 0 bridgehead atoms. The largest absolute Gasteiger partial charge is 0.447 e. The second-order valence-corrected chi connectivity index (χ2v) is 7.72. The number of aromatic nitrogens is 4. The first kappa shape index (κ1) is 21.2. The minimum absolute atomic E-state index is 0.0754. The van der Waals surface area contributed by atoms with Gasteiger partial charge in [-0.2, -0.15) is 0 Å². The van der Waals surface area contributed by atoms with E-state index in [0.717, 1.165) is 24.4 Å². The highest BCUT2D eigenvalue weighted by Crippen LogP contribution is 2.28. The number of hydrogen-bond acceptors (Lipinski definition) is 6. The maximum atomic E-state index is 14.3. The number of fused-ring (bicyclic) bond motifs is 1. The molecule has 2 N–H and O–H groups in total. The van der Waals surface area contributed by atoms with Gasteiger partial charge in [0.2, 0.25) is 0 Å². The standard InChI is InChI=1S/C20H21ClF2N6O2/c21-13-6-14-15(9-26-17(14)25-8-13)18-27-10-16(23)19(28-18)24-7-12-2-1-4-29(11-12)20(30)31-5-3-22/h6,8-10,12H,1-5,7,11H2,(H,25,26)(H,24,27,28). The van der Waals surface area contributed by atoms with Crippen LogP contribution < -0.4 is 5.32 Å². The van der Waals surface area contributed by atoms with Crippen molar-refractivity contribution in [2.45, 2.75) is 12.8 Å². The number of pyridine rings is 1. The highest BCUT2D eigenvalue weighted by molar-refractivity contribution is 6.31. The highest BCUT2D eigenvalue weighted by Gasteiger charge is 2.25. The van der Waals surface area contributed by atoms with Gasteiger partial charge in [0, 0.05) is 43.0 Å². The van der Waals surface area contributed by atoms with Crippen LogP contribution in [0.15, 0.2) is 24.7 Å². The van der Waals surface area contributed by atoms with E-state index in [1.807, 2.05) is 0 Å². The number of hydrogen-bond donors (Lipinski definition) is 2. The summed E-state index contributed by atoms with van der Waals surface area (Å²) in [7, 11) is 0. The Balaban J connectivity index is 1.45. The number of anilines is 1. The topological polar surface area (TPSA) is 96.0 Å². The third-order valence-electron chi connectivity index (χ3n) is 5.12. The summed E-state index contributed by atoms with van der Waals surface area (Å²) in [6.45, 7) is 0.469. The monoisotopic (exact) mass is 450 g/mol.